The van der Waals surface area contributed by atoms with E-state index in [0.29, 0.717) is 0 Å². The Morgan fingerprint density at radius 2 is 2.40 bits per heavy atom. The Morgan fingerprint density at radius 3 is 3.00 bits per heavy atom. The minimum atomic E-state index is -0.301. The van der Waals surface area contributed by atoms with E-state index in [1.165, 1.54) is 12.3 Å². The number of halogens is 1. The molecule has 0 aliphatic rings. The number of rotatable bonds is 5. The van der Waals surface area contributed by atoms with Crippen LogP contribution >= 0.6 is 0 Å². The van der Waals surface area contributed by atoms with E-state index in [1.54, 1.807) is 6.20 Å². The van der Waals surface area contributed by atoms with E-state index in [4.69, 9.17) is 6.42 Å². The third-order valence-electron chi connectivity index (χ3n) is 2.29. The molecule has 1 aromatic heterocycles. The Labute approximate surface area is 89.9 Å². The van der Waals surface area contributed by atoms with Crippen LogP contribution < -0.4 is 5.32 Å². The first-order valence-electron chi connectivity index (χ1n) is 4.99. The molecule has 0 saturated heterocycles. The summed E-state index contributed by atoms with van der Waals surface area (Å²) >= 11 is 0. The smallest absolute Gasteiger partial charge is 0.141 e. The molecule has 0 aromatic carbocycles. The first kappa shape index (κ1) is 11.7. The molecule has 0 fully saturated rings. The van der Waals surface area contributed by atoms with Crippen molar-refractivity contribution in [2.45, 2.75) is 25.3 Å². The van der Waals surface area contributed by atoms with E-state index in [9.17, 15) is 4.39 Å². The van der Waals surface area contributed by atoms with Crippen molar-refractivity contribution in [3.8, 4) is 12.3 Å². The number of unbranched alkanes of at least 4 members (excludes halogenated alkanes) is 1. The quantitative estimate of drug-likeness (QED) is 0.590. The maximum atomic E-state index is 12.9. The Balaban J connectivity index is 2.62. The van der Waals surface area contributed by atoms with Gasteiger partial charge < -0.3 is 5.32 Å². The lowest BCUT2D eigenvalue weighted by Crippen LogP contribution is -2.16. The molecule has 1 aromatic rings. The van der Waals surface area contributed by atoms with Crippen molar-refractivity contribution in [3.63, 3.8) is 0 Å². The van der Waals surface area contributed by atoms with E-state index in [1.807, 2.05) is 7.05 Å². The minimum absolute atomic E-state index is 0.126. The Bertz CT molecular complexity index is 344. The van der Waals surface area contributed by atoms with Gasteiger partial charge in [0.1, 0.15) is 5.82 Å². The van der Waals surface area contributed by atoms with Gasteiger partial charge in [0.15, 0.2) is 0 Å². The molecule has 1 unspecified atom stereocenters. The second-order valence-corrected chi connectivity index (χ2v) is 3.37. The molecule has 0 amide bonds. The average molecular weight is 206 g/mol. The molecule has 0 aliphatic heterocycles. The summed E-state index contributed by atoms with van der Waals surface area (Å²) in [5, 5.41) is 3.13. The summed E-state index contributed by atoms with van der Waals surface area (Å²) in [6.45, 7) is 0. The van der Waals surface area contributed by atoms with Crippen molar-refractivity contribution < 1.29 is 4.39 Å². The van der Waals surface area contributed by atoms with Crippen LogP contribution in [0.5, 0.6) is 0 Å². The molecule has 0 radical (unpaired) electrons. The van der Waals surface area contributed by atoms with Crippen molar-refractivity contribution >= 4 is 0 Å². The van der Waals surface area contributed by atoms with Gasteiger partial charge in [0.05, 0.1) is 6.20 Å². The summed E-state index contributed by atoms with van der Waals surface area (Å²) in [6, 6.07) is 1.63. The Morgan fingerprint density at radius 1 is 1.60 bits per heavy atom. The number of hydrogen-bond acceptors (Lipinski definition) is 2. The van der Waals surface area contributed by atoms with Gasteiger partial charge in [-0.3, -0.25) is 4.98 Å². The van der Waals surface area contributed by atoms with Gasteiger partial charge in [0.2, 0.25) is 0 Å². The summed E-state index contributed by atoms with van der Waals surface area (Å²) in [5.41, 5.74) is 0.870. The highest BCUT2D eigenvalue weighted by Crippen LogP contribution is 2.18. The van der Waals surface area contributed by atoms with Gasteiger partial charge in [-0.2, -0.15) is 0 Å². The number of hydrogen-bond donors (Lipinski definition) is 1. The van der Waals surface area contributed by atoms with Crippen LogP contribution in [-0.4, -0.2) is 12.0 Å². The molecule has 80 valence electrons. The first-order chi connectivity index (χ1) is 7.27. The third-order valence-corrected chi connectivity index (χ3v) is 2.29. The molecule has 0 bridgehead atoms. The maximum Gasteiger partial charge on any atom is 0.141 e. The van der Waals surface area contributed by atoms with Crippen LogP contribution in [0.1, 0.15) is 30.9 Å². The fraction of sp³-hybridized carbons (Fsp3) is 0.417. The van der Waals surface area contributed by atoms with Gasteiger partial charge in [-0.05, 0) is 31.5 Å². The lowest BCUT2D eigenvalue weighted by atomic mass is 10.0. The summed E-state index contributed by atoms with van der Waals surface area (Å²) < 4.78 is 12.9. The molecule has 0 saturated carbocycles. The van der Waals surface area contributed by atoms with Crippen molar-refractivity contribution in [2.24, 2.45) is 0 Å². The van der Waals surface area contributed by atoms with E-state index in [-0.39, 0.29) is 11.9 Å². The van der Waals surface area contributed by atoms with Gasteiger partial charge >= 0.3 is 0 Å². The van der Waals surface area contributed by atoms with Gasteiger partial charge in [-0.15, -0.1) is 12.3 Å². The Kier molecular flexibility index (Phi) is 4.79. The second kappa shape index (κ2) is 6.15. The largest absolute Gasteiger partial charge is 0.313 e. The van der Waals surface area contributed by atoms with Gasteiger partial charge in [-0.1, -0.05) is 0 Å². The topological polar surface area (TPSA) is 24.9 Å². The monoisotopic (exact) mass is 206 g/mol. The molecule has 0 spiro atoms. The summed E-state index contributed by atoms with van der Waals surface area (Å²) in [5.74, 6) is 2.29. The number of aromatic nitrogens is 1. The summed E-state index contributed by atoms with van der Waals surface area (Å²) in [4.78, 5) is 3.83. The highest BCUT2D eigenvalue weighted by atomic mass is 19.1. The maximum absolute atomic E-state index is 12.9. The Hall–Kier alpha value is -1.40. The zero-order valence-corrected chi connectivity index (χ0v) is 8.83. The predicted octanol–water partition coefficient (Wildman–Crippen LogP) is 2.28. The normalized spacial score (nSPS) is 12.1. The van der Waals surface area contributed by atoms with Crippen LogP contribution in [0, 0.1) is 18.2 Å². The molecule has 1 rings (SSSR count). The number of terminal acetylenes is 1. The molecular weight excluding hydrogens is 191 g/mol. The van der Waals surface area contributed by atoms with E-state index in [2.05, 4.69) is 16.2 Å². The highest BCUT2D eigenvalue weighted by molar-refractivity contribution is 5.14. The van der Waals surface area contributed by atoms with Crippen LogP contribution in [0.25, 0.3) is 0 Å². The zero-order valence-electron chi connectivity index (χ0n) is 8.83. The number of nitrogens with zero attached hydrogens (tertiary/aromatic N) is 1. The van der Waals surface area contributed by atoms with Crippen molar-refractivity contribution in [1.82, 2.24) is 10.3 Å². The van der Waals surface area contributed by atoms with Crippen LogP contribution in [-0.2, 0) is 0 Å². The second-order valence-electron chi connectivity index (χ2n) is 3.37. The van der Waals surface area contributed by atoms with Crippen LogP contribution in [0.4, 0.5) is 4.39 Å². The van der Waals surface area contributed by atoms with Crippen molar-refractivity contribution in [1.29, 1.82) is 0 Å². The standard InChI is InChI=1S/C12H15FN2/c1-3-4-5-6-12(14-2)10-7-11(13)9-15-8-10/h1,7-9,12,14H,4-6H2,2H3. The van der Waals surface area contributed by atoms with Crippen molar-refractivity contribution in [3.05, 3.63) is 29.8 Å². The van der Waals surface area contributed by atoms with E-state index < -0.39 is 0 Å². The molecule has 0 aliphatic carbocycles. The average Bonchev–Trinajstić information content (AvgIpc) is 2.24. The molecule has 3 heteroatoms. The minimum Gasteiger partial charge on any atom is -0.313 e. The number of pyridine rings is 1. The molecule has 15 heavy (non-hydrogen) atoms. The van der Waals surface area contributed by atoms with Crippen LogP contribution in [0.15, 0.2) is 18.5 Å². The van der Waals surface area contributed by atoms with E-state index in [0.717, 1.165) is 24.8 Å². The zero-order chi connectivity index (χ0) is 11.1. The number of nitrogens with one attached hydrogen (secondary N) is 1. The molecule has 1 N–H and O–H groups in total. The van der Waals surface area contributed by atoms with Crippen LogP contribution in [0.3, 0.4) is 0 Å². The lowest BCUT2D eigenvalue weighted by molar-refractivity contribution is 0.524. The van der Waals surface area contributed by atoms with E-state index >= 15 is 0 Å². The summed E-state index contributed by atoms with van der Waals surface area (Å²) in [7, 11) is 1.85. The SMILES string of the molecule is C#CCCCC(NC)c1cncc(F)c1. The first-order valence-corrected chi connectivity index (χ1v) is 4.99. The fourth-order valence-corrected chi connectivity index (χ4v) is 1.50. The van der Waals surface area contributed by atoms with Crippen LogP contribution in [0.2, 0.25) is 0 Å². The molecular formula is C12H15FN2. The molecule has 1 heterocycles. The predicted molar refractivity (Wildman–Crippen MR) is 58.7 cm³/mol. The third kappa shape index (κ3) is 3.69. The van der Waals surface area contributed by atoms with Gasteiger partial charge in [-0.25, -0.2) is 4.39 Å². The lowest BCUT2D eigenvalue weighted by Gasteiger charge is -2.15. The highest BCUT2D eigenvalue weighted by Gasteiger charge is 2.09. The van der Waals surface area contributed by atoms with Crippen molar-refractivity contribution in [2.75, 3.05) is 7.05 Å². The van der Waals surface area contributed by atoms with Gasteiger partial charge in [0.25, 0.3) is 0 Å². The summed E-state index contributed by atoms with van der Waals surface area (Å²) in [6.07, 6.45) is 10.6. The molecule has 2 nitrogen and oxygen atoms in total. The van der Waals surface area contributed by atoms with Gasteiger partial charge in [0, 0.05) is 18.7 Å². The molecule has 1 atom stereocenters. The fourth-order valence-electron chi connectivity index (χ4n) is 1.50.